The van der Waals surface area contributed by atoms with E-state index >= 15 is 0 Å². The van der Waals surface area contributed by atoms with Crippen molar-refractivity contribution in [3.05, 3.63) is 108 Å². The molecular weight excluding hydrogens is 326 g/mol. The van der Waals surface area contributed by atoms with Crippen LogP contribution in [-0.2, 0) is 12.0 Å². The maximum absolute atomic E-state index is 3.64. The molecule has 0 saturated heterocycles. The van der Waals surface area contributed by atoms with E-state index in [1.807, 2.05) is 0 Å². The lowest BCUT2D eigenvalue weighted by atomic mass is 9.73. The molecule has 0 spiro atoms. The van der Waals surface area contributed by atoms with Crippen molar-refractivity contribution >= 4 is 0 Å². The highest BCUT2D eigenvalue weighted by molar-refractivity contribution is 5.48. The fourth-order valence-corrected chi connectivity index (χ4v) is 3.53. The molecular formula is C26H27N. The molecule has 3 aromatic carbocycles. The summed E-state index contributed by atoms with van der Waals surface area (Å²) in [6, 6.07) is 31.9. The van der Waals surface area contributed by atoms with Crippen molar-refractivity contribution in [1.29, 1.82) is 0 Å². The van der Waals surface area contributed by atoms with Gasteiger partial charge >= 0.3 is 0 Å². The first-order chi connectivity index (χ1) is 13.2. The topological polar surface area (TPSA) is 3.24 Å². The van der Waals surface area contributed by atoms with E-state index in [1.165, 1.54) is 16.7 Å². The fourth-order valence-electron chi connectivity index (χ4n) is 3.53. The summed E-state index contributed by atoms with van der Waals surface area (Å²) >= 11 is 0. The van der Waals surface area contributed by atoms with Gasteiger partial charge in [-0.25, -0.2) is 0 Å². The molecule has 0 aliphatic rings. The third-order valence-electron chi connectivity index (χ3n) is 5.01. The van der Waals surface area contributed by atoms with Gasteiger partial charge in [0.25, 0.3) is 0 Å². The maximum atomic E-state index is 3.64. The molecule has 1 heteroatoms. The summed E-state index contributed by atoms with van der Waals surface area (Å²) < 4.78 is 0. The van der Waals surface area contributed by atoms with Gasteiger partial charge in [-0.2, -0.15) is 0 Å². The Kier molecular flexibility index (Phi) is 6.47. The summed E-state index contributed by atoms with van der Waals surface area (Å²) in [7, 11) is 2.13. The average molecular weight is 354 g/mol. The van der Waals surface area contributed by atoms with Crippen LogP contribution in [0, 0.1) is 11.8 Å². The molecule has 0 unspecified atom stereocenters. The van der Waals surface area contributed by atoms with E-state index < -0.39 is 0 Å². The zero-order chi connectivity index (χ0) is 19.0. The monoisotopic (exact) mass is 353 g/mol. The molecule has 0 aromatic heterocycles. The van der Waals surface area contributed by atoms with Crippen LogP contribution in [0.25, 0.3) is 0 Å². The molecule has 0 bridgehead atoms. The quantitative estimate of drug-likeness (QED) is 0.528. The third kappa shape index (κ3) is 4.67. The molecule has 0 aliphatic heterocycles. The third-order valence-corrected chi connectivity index (χ3v) is 5.01. The Morgan fingerprint density at radius 3 is 1.70 bits per heavy atom. The van der Waals surface area contributed by atoms with Crippen molar-refractivity contribution in [2.75, 3.05) is 13.6 Å². The second kappa shape index (κ2) is 9.21. The zero-order valence-corrected chi connectivity index (χ0v) is 16.2. The van der Waals surface area contributed by atoms with Gasteiger partial charge in [-0.3, -0.25) is 4.90 Å². The van der Waals surface area contributed by atoms with Crippen molar-refractivity contribution in [1.82, 2.24) is 4.90 Å². The van der Waals surface area contributed by atoms with Gasteiger partial charge < -0.3 is 0 Å². The largest absolute Gasteiger partial charge is 0.291 e. The zero-order valence-electron chi connectivity index (χ0n) is 16.2. The predicted octanol–water partition coefficient (Wildman–Crippen LogP) is 5.52. The highest BCUT2D eigenvalue weighted by atomic mass is 15.1. The molecule has 0 radical (unpaired) electrons. The first kappa shape index (κ1) is 19.0. The van der Waals surface area contributed by atoms with Gasteiger partial charge in [0.2, 0.25) is 0 Å². The second-order valence-electron chi connectivity index (χ2n) is 6.95. The van der Waals surface area contributed by atoms with E-state index in [0.717, 1.165) is 19.5 Å². The number of hydrogen-bond acceptors (Lipinski definition) is 1. The molecule has 0 N–H and O–H groups in total. The van der Waals surface area contributed by atoms with E-state index in [4.69, 9.17) is 0 Å². The number of hydrogen-bond donors (Lipinski definition) is 0. The van der Waals surface area contributed by atoms with Crippen molar-refractivity contribution in [2.24, 2.45) is 0 Å². The standard InChI is InChI=1S/C26H27N/c1-3-26(24-16-9-5-10-17-24,25-18-11-6-12-19-25)20-13-21-27(2)22-23-14-7-4-8-15-23/h4-12,14-19H,3,21-22H2,1-2H3. The highest BCUT2D eigenvalue weighted by Crippen LogP contribution is 2.34. The first-order valence-corrected chi connectivity index (χ1v) is 9.58. The van der Waals surface area contributed by atoms with Gasteiger partial charge in [0, 0.05) is 6.54 Å². The van der Waals surface area contributed by atoms with Crippen molar-refractivity contribution in [3.63, 3.8) is 0 Å². The van der Waals surface area contributed by atoms with Crippen LogP contribution in [0.15, 0.2) is 91.0 Å². The van der Waals surface area contributed by atoms with E-state index in [2.05, 4.69) is 122 Å². The lowest BCUT2D eigenvalue weighted by Crippen LogP contribution is -2.26. The van der Waals surface area contributed by atoms with Gasteiger partial charge in [0.15, 0.2) is 0 Å². The predicted molar refractivity (Wildman–Crippen MR) is 115 cm³/mol. The Morgan fingerprint density at radius 2 is 1.22 bits per heavy atom. The van der Waals surface area contributed by atoms with Crippen molar-refractivity contribution in [3.8, 4) is 11.8 Å². The Hall–Kier alpha value is -2.82. The van der Waals surface area contributed by atoms with Crippen molar-refractivity contribution in [2.45, 2.75) is 25.3 Å². The SMILES string of the molecule is CCC(C#CCN(C)Cc1ccccc1)(c1ccccc1)c1ccccc1. The number of nitrogens with zero attached hydrogens (tertiary/aromatic N) is 1. The fraction of sp³-hybridized carbons (Fsp3) is 0.231. The van der Waals surface area contributed by atoms with Crippen LogP contribution >= 0.6 is 0 Å². The van der Waals surface area contributed by atoms with Gasteiger partial charge in [-0.15, -0.1) is 0 Å². The highest BCUT2D eigenvalue weighted by Gasteiger charge is 2.30. The summed E-state index contributed by atoms with van der Waals surface area (Å²) in [6.45, 7) is 3.88. The molecule has 0 amide bonds. The van der Waals surface area contributed by atoms with E-state index in [-0.39, 0.29) is 5.41 Å². The van der Waals surface area contributed by atoms with Crippen LogP contribution in [0.2, 0.25) is 0 Å². The minimum atomic E-state index is -0.268. The summed E-state index contributed by atoms with van der Waals surface area (Å²) in [6.07, 6.45) is 0.941. The summed E-state index contributed by atoms with van der Waals surface area (Å²) in [4.78, 5) is 2.26. The molecule has 27 heavy (non-hydrogen) atoms. The molecule has 0 fully saturated rings. The van der Waals surface area contributed by atoms with E-state index in [1.54, 1.807) is 0 Å². The Morgan fingerprint density at radius 1 is 0.741 bits per heavy atom. The van der Waals surface area contributed by atoms with Crippen molar-refractivity contribution < 1.29 is 0 Å². The lowest BCUT2D eigenvalue weighted by Gasteiger charge is -2.29. The Labute approximate surface area is 163 Å². The van der Waals surface area contributed by atoms with Crippen LogP contribution in [0.5, 0.6) is 0 Å². The van der Waals surface area contributed by atoms with Gasteiger partial charge in [-0.1, -0.05) is 110 Å². The molecule has 0 aliphatic carbocycles. The summed E-state index contributed by atoms with van der Waals surface area (Å²) in [5.41, 5.74) is 3.57. The van der Waals surface area contributed by atoms with Crippen LogP contribution < -0.4 is 0 Å². The van der Waals surface area contributed by atoms with Crippen LogP contribution in [0.4, 0.5) is 0 Å². The van der Waals surface area contributed by atoms with E-state index in [9.17, 15) is 0 Å². The minimum absolute atomic E-state index is 0.268. The second-order valence-corrected chi connectivity index (χ2v) is 6.95. The maximum Gasteiger partial charge on any atom is 0.0809 e. The number of benzene rings is 3. The van der Waals surface area contributed by atoms with Crippen LogP contribution in [0.1, 0.15) is 30.0 Å². The molecule has 3 rings (SSSR count). The lowest BCUT2D eigenvalue weighted by molar-refractivity contribution is 0.368. The Balaban J connectivity index is 1.86. The number of rotatable bonds is 6. The molecule has 3 aromatic rings. The summed E-state index contributed by atoms with van der Waals surface area (Å²) in [5, 5.41) is 0. The first-order valence-electron chi connectivity index (χ1n) is 9.58. The smallest absolute Gasteiger partial charge is 0.0809 e. The van der Waals surface area contributed by atoms with Gasteiger partial charge in [0.05, 0.1) is 12.0 Å². The van der Waals surface area contributed by atoms with Gasteiger partial charge in [0.1, 0.15) is 0 Å². The molecule has 0 atom stereocenters. The van der Waals surface area contributed by atoms with Crippen LogP contribution in [-0.4, -0.2) is 18.5 Å². The summed E-state index contributed by atoms with van der Waals surface area (Å²) in [5.74, 6) is 7.11. The molecule has 1 nitrogen and oxygen atoms in total. The normalized spacial score (nSPS) is 11.1. The minimum Gasteiger partial charge on any atom is -0.291 e. The average Bonchev–Trinajstić information content (AvgIpc) is 2.73. The van der Waals surface area contributed by atoms with E-state index in [0.29, 0.717) is 0 Å². The molecule has 136 valence electrons. The Bertz CT molecular complexity index is 834. The molecule has 0 saturated carbocycles. The van der Waals surface area contributed by atoms with Gasteiger partial charge in [-0.05, 0) is 30.2 Å². The van der Waals surface area contributed by atoms with Crippen LogP contribution in [0.3, 0.4) is 0 Å². The molecule has 0 heterocycles.